The Hall–Kier alpha value is -2.86. The van der Waals surface area contributed by atoms with E-state index in [-0.39, 0.29) is 12.0 Å². The van der Waals surface area contributed by atoms with E-state index in [1.54, 1.807) is 7.11 Å². The van der Waals surface area contributed by atoms with Gasteiger partial charge in [0.1, 0.15) is 5.75 Å². The van der Waals surface area contributed by atoms with Gasteiger partial charge in [0.25, 0.3) is 5.91 Å². The average Bonchev–Trinajstić information content (AvgIpc) is 3.22. The van der Waals surface area contributed by atoms with Crippen molar-refractivity contribution in [1.29, 1.82) is 0 Å². The van der Waals surface area contributed by atoms with Gasteiger partial charge in [0.2, 0.25) is 5.96 Å². The van der Waals surface area contributed by atoms with Crippen LogP contribution in [0, 0.1) is 13.8 Å². The standard InChI is InChI=1S/C22H27N3O3/c1-15-9-10-17(12-16(15)2)21(26)25-22(23-14-20-8-5-11-28-20)24-18-6-4-7-19(13-18)27-3/h4,6-7,9-10,12-13,20H,5,8,11,14H2,1-3H3,(H2,23,24,25,26)/t20-/m0/s1. The zero-order valence-electron chi connectivity index (χ0n) is 16.6. The molecule has 0 aliphatic carbocycles. The Morgan fingerprint density at radius 3 is 2.79 bits per heavy atom. The minimum absolute atomic E-state index is 0.0978. The first-order valence-electron chi connectivity index (χ1n) is 9.51. The van der Waals surface area contributed by atoms with E-state index in [1.807, 2.05) is 56.3 Å². The van der Waals surface area contributed by atoms with Crippen molar-refractivity contribution in [3.63, 3.8) is 0 Å². The number of guanidine groups is 1. The number of benzene rings is 2. The highest BCUT2D eigenvalue weighted by Crippen LogP contribution is 2.17. The molecule has 1 aliphatic rings. The van der Waals surface area contributed by atoms with Crippen LogP contribution in [0.4, 0.5) is 5.69 Å². The number of anilines is 1. The molecular formula is C22H27N3O3. The first kappa shape index (κ1) is 19.9. The highest BCUT2D eigenvalue weighted by atomic mass is 16.5. The van der Waals surface area contributed by atoms with Crippen LogP contribution in [0.25, 0.3) is 0 Å². The quantitative estimate of drug-likeness (QED) is 0.612. The highest BCUT2D eigenvalue weighted by Gasteiger charge is 2.16. The summed E-state index contributed by atoms with van der Waals surface area (Å²) < 4.78 is 10.9. The van der Waals surface area contributed by atoms with E-state index in [0.717, 1.165) is 42.0 Å². The lowest BCUT2D eigenvalue weighted by Gasteiger charge is -2.14. The summed E-state index contributed by atoms with van der Waals surface area (Å²) >= 11 is 0. The second-order valence-corrected chi connectivity index (χ2v) is 6.93. The molecule has 0 bridgehead atoms. The number of ether oxygens (including phenoxy) is 2. The van der Waals surface area contributed by atoms with Gasteiger partial charge < -0.3 is 14.8 Å². The van der Waals surface area contributed by atoms with Crippen LogP contribution in [-0.2, 0) is 4.74 Å². The fourth-order valence-corrected chi connectivity index (χ4v) is 2.99. The van der Waals surface area contributed by atoms with E-state index in [4.69, 9.17) is 9.47 Å². The summed E-state index contributed by atoms with van der Waals surface area (Å²) in [6, 6.07) is 13.1. The molecule has 0 aromatic heterocycles. The summed E-state index contributed by atoms with van der Waals surface area (Å²) in [7, 11) is 1.62. The smallest absolute Gasteiger partial charge is 0.257 e. The van der Waals surface area contributed by atoms with Gasteiger partial charge in [-0.1, -0.05) is 12.1 Å². The molecule has 2 aromatic carbocycles. The molecule has 1 fully saturated rings. The maximum atomic E-state index is 12.7. The molecule has 1 atom stereocenters. The topological polar surface area (TPSA) is 71.9 Å². The van der Waals surface area contributed by atoms with Gasteiger partial charge in [-0.3, -0.25) is 10.1 Å². The summed E-state index contributed by atoms with van der Waals surface area (Å²) in [6.07, 6.45) is 2.13. The summed E-state index contributed by atoms with van der Waals surface area (Å²) in [4.78, 5) is 17.3. The summed E-state index contributed by atoms with van der Waals surface area (Å²) in [5.41, 5.74) is 3.61. The molecule has 6 nitrogen and oxygen atoms in total. The predicted molar refractivity (Wildman–Crippen MR) is 111 cm³/mol. The Balaban J connectivity index is 1.76. The average molecular weight is 381 g/mol. The third kappa shape index (κ3) is 5.33. The monoisotopic (exact) mass is 381 g/mol. The Labute approximate surface area is 166 Å². The molecule has 1 amide bonds. The Morgan fingerprint density at radius 1 is 1.21 bits per heavy atom. The molecular weight excluding hydrogens is 354 g/mol. The highest BCUT2D eigenvalue weighted by molar-refractivity contribution is 6.10. The van der Waals surface area contributed by atoms with Crippen LogP contribution in [0.1, 0.15) is 34.3 Å². The van der Waals surface area contributed by atoms with Crippen molar-refractivity contribution < 1.29 is 14.3 Å². The normalized spacial score (nSPS) is 16.7. The summed E-state index contributed by atoms with van der Waals surface area (Å²) in [5.74, 6) is 0.917. The molecule has 1 heterocycles. The Bertz CT molecular complexity index is 858. The first-order chi connectivity index (χ1) is 13.5. The number of carbonyl (C=O) groups is 1. The number of amides is 1. The van der Waals surface area contributed by atoms with Gasteiger partial charge in [0, 0.05) is 23.9 Å². The van der Waals surface area contributed by atoms with Gasteiger partial charge >= 0.3 is 0 Å². The van der Waals surface area contributed by atoms with Crippen molar-refractivity contribution >= 4 is 17.6 Å². The van der Waals surface area contributed by atoms with Crippen LogP contribution >= 0.6 is 0 Å². The fourth-order valence-electron chi connectivity index (χ4n) is 2.99. The van der Waals surface area contributed by atoms with Crippen LogP contribution in [0.5, 0.6) is 5.75 Å². The largest absolute Gasteiger partial charge is 0.497 e. The van der Waals surface area contributed by atoms with Gasteiger partial charge in [-0.25, -0.2) is 4.99 Å². The van der Waals surface area contributed by atoms with Crippen molar-refractivity contribution in [2.24, 2.45) is 4.99 Å². The van der Waals surface area contributed by atoms with E-state index in [0.29, 0.717) is 18.1 Å². The third-order valence-corrected chi connectivity index (χ3v) is 4.81. The summed E-state index contributed by atoms with van der Waals surface area (Å²) in [5, 5.41) is 6.08. The van der Waals surface area contributed by atoms with Gasteiger partial charge in [-0.15, -0.1) is 0 Å². The van der Waals surface area contributed by atoms with Crippen LogP contribution in [0.2, 0.25) is 0 Å². The number of hydrogen-bond donors (Lipinski definition) is 2. The minimum atomic E-state index is -0.204. The zero-order chi connectivity index (χ0) is 19.9. The van der Waals surface area contributed by atoms with Crippen LogP contribution in [0.15, 0.2) is 47.5 Å². The van der Waals surface area contributed by atoms with Crippen molar-refractivity contribution in [2.75, 3.05) is 25.6 Å². The number of methoxy groups -OCH3 is 1. The first-order valence-corrected chi connectivity index (χ1v) is 9.51. The number of rotatable bonds is 5. The van der Waals surface area contributed by atoms with Crippen molar-refractivity contribution in [3.05, 3.63) is 59.2 Å². The second kappa shape index (κ2) is 9.37. The zero-order valence-corrected chi connectivity index (χ0v) is 16.6. The number of nitrogens with zero attached hydrogens (tertiary/aromatic N) is 1. The predicted octanol–water partition coefficient (Wildman–Crippen LogP) is 3.69. The van der Waals surface area contributed by atoms with E-state index in [9.17, 15) is 4.79 Å². The second-order valence-electron chi connectivity index (χ2n) is 6.93. The Morgan fingerprint density at radius 2 is 2.07 bits per heavy atom. The lowest BCUT2D eigenvalue weighted by molar-refractivity contribution is 0.0975. The van der Waals surface area contributed by atoms with Crippen LogP contribution < -0.4 is 15.4 Å². The molecule has 0 spiro atoms. The van der Waals surface area contributed by atoms with E-state index in [2.05, 4.69) is 15.6 Å². The molecule has 1 aliphatic heterocycles. The molecule has 28 heavy (non-hydrogen) atoms. The number of hydrogen-bond acceptors (Lipinski definition) is 4. The van der Waals surface area contributed by atoms with Crippen LogP contribution in [0.3, 0.4) is 0 Å². The lowest BCUT2D eigenvalue weighted by atomic mass is 10.1. The van der Waals surface area contributed by atoms with Gasteiger partial charge in [-0.05, 0) is 62.1 Å². The minimum Gasteiger partial charge on any atom is -0.497 e. The molecule has 3 rings (SSSR count). The van der Waals surface area contributed by atoms with Crippen molar-refractivity contribution in [1.82, 2.24) is 5.32 Å². The molecule has 1 saturated heterocycles. The maximum absolute atomic E-state index is 12.7. The Kier molecular flexibility index (Phi) is 6.66. The maximum Gasteiger partial charge on any atom is 0.257 e. The van der Waals surface area contributed by atoms with E-state index in [1.165, 1.54) is 0 Å². The molecule has 0 unspecified atom stereocenters. The number of aryl methyl sites for hydroxylation is 2. The van der Waals surface area contributed by atoms with Gasteiger partial charge in [-0.2, -0.15) is 0 Å². The molecule has 2 N–H and O–H groups in total. The SMILES string of the molecule is COc1cccc(NC(=NC[C@@H]2CCCO2)NC(=O)c2ccc(C)c(C)c2)c1. The van der Waals surface area contributed by atoms with E-state index < -0.39 is 0 Å². The molecule has 0 radical (unpaired) electrons. The molecule has 0 saturated carbocycles. The fraction of sp³-hybridized carbons (Fsp3) is 0.364. The molecule has 2 aromatic rings. The van der Waals surface area contributed by atoms with Crippen LogP contribution in [-0.4, -0.2) is 38.2 Å². The molecule has 6 heteroatoms. The van der Waals surface area contributed by atoms with E-state index >= 15 is 0 Å². The lowest BCUT2D eigenvalue weighted by Crippen LogP contribution is -2.36. The van der Waals surface area contributed by atoms with Gasteiger partial charge in [0.05, 0.1) is 19.8 Å². The number of carbonyl (C=O) groups excluding carboxylic acids is 1. The third-order valence-electron chi connectivity index (χ3n) is 4.81. The molecule has 148 valence electrons. The van der Waals surface area contributed by atoms with Crippen molar-refractivity contribution in [3.8, 4) is 5.75 Å². The summed E-state index contributed by atoms with van der Waals surface area (Å²) in [6.45, 7) is 5.29. The number of nitrogens with one attached hydrogen (secondary N) is 2. The van der Waals surface area contributed by atoms with Crippen molar-refractivity contribution in [2.45, 2.75) is 32.8 Å². The van der Waals surface area contributed by atoms with Gasteiger partial charge in [0.15, 0.2) is 0 Å². The number of aliphatic imine (C=N–C) groups is 1.